The van der Waals surface area contributed by atoms with E-state index in [9.17, 15) is 0 Å². The molecule has 0 aliphatic rings. The molecule has 2 heterocycles. The average Bonchev–Trinajstić information content (AvgIpc) is 2.53. The summed E-state index contributed by atoms with van der Waals surface area (Å²) in [6.45, 7) is 0. The third-order valence-corrected chi connectivity index (χ3v) is 3.33. The molecule has 0 bridgehead atoms. The Labute approximate surface area is 88.2 Å². The zero-order chi connectivity index (χ0) is 9.10. The van der Waals surface area contributed by atoms with Crippen molar-refractivity contribution in [3.05, 3.63) is 29.0 Å². The molecule has 3 nitrogen and oxygen atoms in total. The van der Waals surface area contributed by atoms with Crippen molar-refractivity contribution in [3.8, 4) is 0 Å². The highest BCUT2D eigenvalue weighted by Gasteiger charge is 2.03. The molecule has 2 aromatic rings. The Kier molecular flexibility index (Phi) is 2.77. The predicted octanol–water partition coefficient (Wildman–Crippen LogP) is 2.74. The molecule has 2 rings (SSSR count). The van der Waals surface area contributed by atoms with E-state index in [1.807, 2.05) is 0 Å². The minimum Gasteiger partial charge on any atom is -0.231 e. The first-order valence-corrected chi connectivity index (χ1v) is 5.48. The fraction of sp³-hybridized carbons (Fsp3) is 0. The average molecular weight is 230 g/mol. The maximum Gasteiger partial charge on any atom is 0.194 e. The second kappa shape index (κ2) is 4.04. The van der Waals surface area contributed by atoms with Gasteiger partial charge in [0.2, 0.25) is 0 Å². The van der Waals surface area contributed by atoms with Gasteiger partial charge in [-0.25, -0.2) is 15.0 Å². The lowest BCUT2D eigenvalue weighted by atomic mass is 10.7. The minimum atomic E-state index is 0.517. The zero-order valence-electron chi connectivity index (χ0n) is 6.35. The van der Waals surface area contributed by atoms with Gasteiger partial charge >= 0.3 is 0 Å². The molecule has 0 fully saturated rings. The van der Waals surface area contributed by atoms with Gasteiger partial charge in [-0.3, -0.25) is 0 Å². The summed E-state index contributed by atoms with van der Waals surface area (Å²) in [5.74, 6) is 0. The number of thiazole rings is 1. The topological polar surface area (TPSA) is 38.7 Å². The van der Waals surface area contributed by atoms with Crippen molar-refractivity contribution in [1.29, 1.82) is 0 Å². The van der Waals surface area contributed by atoms with Gasteiger partial charge in [0.25, 0.3) is 0 Å². The number of nitrogens with zero attached hydrogens (tertiary/aromatic N) is 3. The fourth-order valence-corrected chi connectivity index (χ4v) is 2.51. The first kappa shape index (κ1) is 8.93. The van der Waals surface area contributed by atoms with Gasteiger partial charge in [-0.1, -0.05) is 11.6 Å². The molecule has 0 aromatic carbocycles. The van der Waals surface area contributed by atoms with Gasteiger partial charge in [0, 0.05) is 17.8 Å². The van der Waals surface area contributed by atoms with E-state index in [-0.39, 0.29) is 0 Å². The molecule has 2 aromatic heterocycles. The number of halogens is 1. The first-order valence-electron chi connectivity index (χ1n) is 3.40. The summed E-state index contributed by atoms with van der Waals surface area (Å²) in [5.41, 5.74) is 0. The Hall–Kier alpha value is -0.650. The van der Waals surface area contributed by atoms with Crippen molar-refractivity contribution < 1.29 is 0 Å². The van der Waals surface area contributed by atoms with Gasteiger partial charge in [0.05, 0.1) is 0 Å². The van der Waals surface area contributed by atoms with Crippen molar-refractivity contribution in [2.24, 2.45) is 0 Å². The first-order chi connectivity index (χ1) is 6.34. The third kappa shape index (κ3) is 2.40. The van der Waals surface area contributed by atoms with Crippen LogP contribution in [-0.2, 0) is 0 Å². The van der Waals surface area contributed by atoms with Gasteiger partial charge in [-0.05, 0) is 17.8 Å². The van der Waals surface area contributed by atoms with Crippen molar-refractivity contribution in [2.45, 2.75) is 9.50 Å². The van der Waals surface area contributed by atoms with E-state index in [2.05, 4.69) is 15.0 Å². The summed E-state index contributed by atoms with van der Waals surface area (Å²) in [5, 5.41) is 2.99. The summed E-state index contributed by atoms with van der Waals surface area (Å²) in [4.78, 5) is 12.2. The minimum absolute atomic E-state index is 0.517. The van der Waals surface area contributed by atoms with E-state index in [0.29, 0.717) is 10.3 Å². The van der Waals surface area contributed by atoms with Crippen LogP contribution >= 0.6 is 34.7 Å². The summed E-state index contributed by atoms with van der Waals surface area (Å²) in [6, 6.07) is 1.78. The Morgan fingerprint density at radius 3 is 2.69 bits per heavy atom. The molecule has 0 saturated carbocycles. The van der Waals surface area contributed by atoms with E-state index in [4.69, 9.17) is 11.6 Å². The van der Waals surface area contributed by atoms with Crippen LogP contribution in [0.5, 0.6) is 0 Å². The molecular weight excluding hydrogens is 226 g/mol. The normalized spacial score (nSPS) is 10.2. The van der Waals surface area contributed by atoms with E-state index in [1.165, 1.54) is 23.1 Å². The lowest BCUT2D eigenvalue weighted by Gasteiger charge is -1.92. The van der Waals surface area contributed by atoms with Crippen LogP contribution in [0.2, 0.25) is 5.15 Å². The van der Waals surface area contributed by atoms with Crippen LogP contribution in [0.25, 0.3) is 0 Å². The highest BCUT2D eigenvalue weighted by atomic mass is 35.5. The Balaban J connectivity index is 2.15. The lowest BCUT2D eigenvalue weighted by Crippen LogP contribution is -1.81. The molecule has 0 saturated heterocycles. The third-order valence-electron chi connectivity index (χ3n) is 1.18. The molecule has 0 spiro atoms. The maximum atomic E-state index is 5.67. The lowest BCUT2D eigenvalue weighted by molar-refractivity contribution is 0.965. The van der Waals surface area contributed by atoms with E-state index in [0.717, 1.165) is 4.34 Å². The van der Waals surface area contributed by atoms with Crippen molar-refractivity contribution >= 4 is 34.7 Å². The van der Waals surface area contributed by atoms with E-state index >= 15 is 0 Å². The molecule has 66 valence electrons. The van der Waals surface area contributed by atoms with E-state index < -0.39 is 0 Å². The van der Waals surface area contributed by atoms with Crippen LogP contribution in [0.3, 0.4) is 0 Å². The fourth-order valence-electron chi connectivity index (χ4n) is 0.702. The summed E-state index contributed by atoms with van der Waals surface area (Å²) in [7, 11) is 0. The van der Waals surface area contributed by atoms with Gasteiger partial charge < -0.3 is 0 Å². The van der Waals surface area contributed by atoms with Crippen molar-refractivity contribution in [3.63, 3.8) is 0 Å². The monoisotopic (exact) mass is 229 g/mol. The van der Waals surface area contributed by atoms with Crippen LogP contribution in [0.1, 0.15) is 0 Å². The second-order valence-corrected chi connectivity index (χ2v) is 4.53. The molecule has 0 atom stereocenters. The molecule has 0 unspecified atom stereocenters. The Morgan fingerprint density at radius 1 is 1.31 bits per heavy atom. The smallest absolute Gasteiger partial charge is 0.194 e. The molecule has 0 aliphatic heterocycles. The summed E-state index contributed by atoms with van der Waals surface area (Å²) in [6.07, 6.45) is 3.40. The van der Waals surface area contributed by atoms with Crippen LogP contribution in [0.4, 0.5) is 0 Å². The number of aromatic nitrogens is 3. The largest absolute Gasteiger partial charge is 0.231 e. The summed E-state index contributed by atoms with van der Waals surface area (Å²) < 4.78 is 0.858. The Morgan fingerprint density at radius 2 is 2.08 bits per heavy atom. The maximum absolute atomic E-state index is 5.67. The number of hydrogen-bond acceptors (Lipinski definition) is 5. The van der Waals surface area contributed by atoms with Crippen LogP contribution in [0.15, 0.2) is 33.3 Å². The molecule has 13 heavy (non-hydrogen) atoms. The van der Waals surface area contributed by atoms with Crippen molar-refractivity contribution in [2.75, 3.05) is 0 Å². The van der Waals surface area contributed by atoms with Gasteiger partial charge in [0.1, 0.15) is 5.15 Å². The van der Waals surface area contributed by atoms with E-state index in [1.54, 1.807) is 23.8 Å². The molecule has 0 amide bonds. The van der Waals surface area contributed by atoms with Crippen LogP contribution in [0, 0.1) is 0 Å². The van der Waals surface area contributed by atoms with Gasteiger partial charge in [-0.2, -0.15) is 0 Å². The van der Waals surface area contributed by atoms with Gasteiger partial charge in [-0.15, -0.1) is 11.3 Å². The highest BCUT2D eigenvalue weighted by Crippen LogP contribution is 2.28. The predicted molar refractivity (Wildman–Crippen MR) is 53.3 cm³/mol. The van der Waals surface area contributed by atoms with Gasteiger partial charge in [0.15, 0.2) is 9.50 Å². The molecule has 0 radical (unpaired) electrons. The molecule has 6 heteroatoms. The SMILES string of the molecule is Clc1csc(Sc2ncccn2)n1. The molecule has 0 aliphatic carbocycles. The Bertz CT molecular complexity index is 390. The number of hydrogen-bond donors (Lipinski definition) is 0. The molecule has 0 N–H and O–H groups in total. The van der Waals surface area contributed by atoms with Crippen LogP contribution < -0.4 is 0 Å². The molecular formula is C7H4ClN3S2. The van der Waals surface area contributed by atoms with Crippen molar-refractivity contribution in [1.82, 2.24) is 15.0 Å². The summed E-state index contributed by atoms with van der Waals surface area (Å²) >= 11 is 8.57. The highest BCUT2D eigenvalue weighted by molar-refractivity contribution is 8.00. The standard InChI is InChI=1S/C7H4ClN3S2/c8-5-4-12-7(11-5)13-6-9-2-1-3-10-6/h1-4H. The quantitative estimate of drug-likeness (QED) is 0.743. The number of rotatable bonds is 2. The second-order valence-electron chi connectivity index (χ2n) is 2.07. The zero-order valence-corrected chi connectivity index (χ0v) is 8.73. The van der Waals surface area contributed by atoms with Crippen LogP contribution in [-0.4, -0.2) is 15.0 Å².